The molecule has 2 rings (SSSR count). The summed E-state index contributed by atoms with van der Waals surface area (Å²) in [5, 5.41) is 9.90. The summed E-state index contributed by atoms with van der Waals surface area (Å²) in [5.74, 6) is -0.00635. The zero-order valence-corrected chi connectivity index (χ0v) is 13.9. The second kappa shape index (κ2) is 5.85. The predicted molar refractivity (Wildman–Crippen MR) is 80.1 cm³/mol. The van der Waals surface area contributed by atoms with Crippen molar-refractivity contribution < 1.29 is 18.3 Å². The SMILES string of the molecule is CCS(=O)(=O)N1CCCC(C(=O)N2CC(C(C)(C)O)C2)C1. The first kappa shape index (κ1) is 16.7. The number of piperidine rings is 1. The molecule has 0 aromatic rings. The molecule has 0 bridgehead atoms. The Morgan fingerprint density at radius 2 is 1.90 bits per heavy atom. The Kier molecular flexibility index (Phi) is 4.66. The largest absolute Gasteiger partial charge is 0.390 e. The van der Waals surface area contributed by atoms with Gasteiger partial charge in [-0.1, -0.05) is 0 Å². The maximum absolute atomic E-state index is 12.4. The van der Waals surface area contributed by atoms with Crippen molar-refractivity contribution in [2.75, 3.05) is 31.9 Å². The van der Waals surface area contributed by atoms with E-state index < -0.39 is 15.6 Å². The third-order valence-electron chi connectivity index (χ3n) is 4.68. The molecule has 1 unspecified atom stereocenters. The molecule has 2 heterocycles. The van der Waals surface area contributed by atoms with Crippen LogP contribution in [0, 0.1) is 11.8 Å². The summed E-state index contributed by atoms with van der Waals surface area (Å²) in [6, 6.07) is 0. The monoisotopic (exact) mass is 318 g/mol. The highest BCUT2D eigenvalue weighted by atomic mass is 32.2. The second-order valence-corrected chi connectivity index (χ2v) is 8.95. The van der Waals surface area contributed by atoms with Crippen LogP contribution < -0.4 is 0 Å². The summed E-state index contributed by atoms with van der Waals surface area (Å²) in [6.07, 6.45) is 1.48. The van der Waals surface area contributed by atoms with Gasteiger partial charge in [0.15, 0.2) is 0 Å². The highest BCUT2D eigenvalue weighted by molar-refractivity contribution is 7.89. The molecule has 2 saturated heterocycles. The zero-order chi connectivity index (χ0) is 15.8. The van der Waals surface area contributed by atoms with Crippen LogP contribution in [0.1, 0.15) is 33.6 Å². The summed E-state index contributed by atoms with van der Waals surface area (Å²) >= 11 is 0. The van der Waals surface area contributed by atoms with Gasteiger partial charge in [-0.2, -0.15) is 0 Å². The van der Waals surface area contributed by atoms with E-state index in [1.54, 1.807) is 25.7 Å². The second-order valence-electron chi connectivity index (χ2n) is 6.69. The molecule has 0 aromatic heterocycles. The van der Waals surface area contributed by atoms with E-state index in [9.17, 15) is 18.3 Å². The number of hydrogen-bond acceptors (Lipinski definition) is 4. The summed E-state index contributed by atoms with van der Waals surface area (Å²) in [5.41, 5.74) is -0.763. The van der Waals surface area contributed by atoms with E-state index in [1.807, 2.05) is 0 Å². The number of carbonyl (C=O) groups excluding carboxylic acids is 1. The maximum Gasteiger partial charge on any atom is 0.227 e. The number of hydrogen-bond donors (Lipinski definition) is 1. The van der Waals surface area contributed by atoms with Crippen molar-refractivity contribution in [2.24, 2.45) is 11.8 Å². The van der Waals surface area contributed by atoms with Crippen LogP contribution in [0.5, 0.6) is 0 Å². The quantitative estimate of drug-likeness (QED) is 0.807. The Morgan fingerprint density at radius 1 is 1.29 bits per heavy atom. The van der Waals surface area contributed by atoms with E-state index >= 15 is 0 Å². The fraction of sp³-hybridized carbons (Fsp3) is 0.929. The minimum absolute atomic E-state index is 0.0338. The number of aliphatic hydroxyl groups is 1. The number of sulfonamides is 1. The van der Waals surface area contributed by atoms with Crippen molar-refractivity contribution >= 4 is 15.9 Å². The molecule has 122 valence electrons. The first-order chi connectivity index (χ1) is 9.65. The number of carbonyl (C=O) groups is 1. The lowest BCUT2D eigenvalue weighted by atomic mass is 9.83. The summed E-state index contributed by atoms with van der Waals surface area (Å²) < 4.78 is 25.3. The average Bonchev–Trinajstić information content (AvgIpc) is 2.35. The number of rotatable bonds is 4. The summed E-state index contributed by atoms with van der Waals surface area (Å²) in [4.78, 5) is 14.2. The van der Waals surface area contributed by atoms with E-state index in [1.165, 1.54) is 4.31 Å². The minimum Gasteiger partial charge on any atom is -0.390 e. The lowest BCUT2D eigenvalue weighted by Gasteiger charge is -2.47. The van der Waals surface area contributed by atoms with E-state index in [4.69, 9.17) is 0 Å². The minimum atomic E-state index is -3.21. The van der Waals surface area contributed by atoms with Crippen LogP contribution in [0.3, 0.4) is 0 Å². The Bertz CT molecular complexity index is 492. The van der Waals surface area contributed by atoms with Crippen molar-refractivity contribution in [3.63, 3.8) is 0 Å². The van der Waals surface area contributed by atoms with Gasteiger partial charge < -0.3 is 10.0 Å². The van der Waals surface area contributed by atoms with E-state index in [0.29, 0.717) is 26.2 Å². The molecule has 6 nitrogen and oxygen atoms in total. The third-order valence-corrected chi connectivity index (χ3v) is 6.53. The molecule has 0 saturated carbocycles. The summed E-state index contributed by atoms with van der Waals surface area (Å²) in [7, 11) is -3.21. The Balaban J connectivity index is 1.92. The fourth-order valence-corrected chi connectivity index (χ4v) is 4.12. The molecule has 21 heavy (non-hydrogen) atoms. The highest BCUT2D eigenvalue weighted by Crippen LogP contribution is 2.30. The number of likely N-dealkylation sites (tertiary alicyclic amines) is 1. The van der Waals surface area contributed by atoms with Gasteiger partial charge in [0.1, 0.15) is 0 Å². The molecular formula is C14H26N2O4S. The standard InChI is InChI=1S/C14H26N2O4S/c1-4-21(19,20)16-7-5-6-11(8-16)13(17)15-9-12(10-15)14(2,3)18/h11-12,18H,4-10H2,1-3H3. The van der Waals surface area contributed by atoms with Crippen LogP contribution in [0.25, 0.3) is 0 Å². The van der Waals surface area contributed by atoms with Gasteiger partial charge in [0.2, 0.25) is 15.9 Å². The molecular weight excluding hydrogens is 292 g/mol. The molecule has 1 atom stereocenters. The van der Waals surface area contributed by atoms with Gasteiger partial charge in [-0.25, -0.2) is 12.7 Å². The average molecular weight is 318 g/mol. The van der Waals surface area contributed by atoms with E-state index in [0.717, 1.165) is 12.8 Å². The molecule has 0 aliphatic carbocycles. The third kappa shape index (κ3) is 3.57. The van der Waals surface area contributed by atoms with Gasteiger partial charge in [0, 0.05) is 32.1 Å². The number of nitrogens with zero attached hydrogens (tertiary/aromatic N) is 2. The summed E-state index contributed by atoms with van der Waals surface area (Å²) in [6.45, 7) is 7.11. The molecule has 2 aliphatic rings. The molecule has 0 aromatic carbocycles. The smallest absolute Gasteiger partial charge is 0.227 e. The van der Waals surface area contributed by atoms with Gasteiger partial charge in [-0.05, 0) is 33.6 Å². The van der Waals surface area contributed by atoms with Gasteiger partial charge >= 0.3 is 0 Å². The van der Waals surface area contributed by atoms with Gasteiger partial charge in [-0.3, -0.25) is 4.79 Å². The molecule has 2 fully saturated rings. The van der Waals surface area contributed by atoms with Crippen molar-refractivity contribution in [3.8, 4) is 0 Å². The molecule has 2 aliphatic heterocycles. The first-order valence-corrected chi connectivity index (χ1v) is 9.25. The first-order valence-electron chi connectivity index (χ1n) is 7.64. The van der Waals surface area contributed by atoms with Crippen LogP contribution in [0.15, 0.2) is 0 Å². The Morgan fingerprint density at radius 3 is 2.43 bits per heavy atom. The molecule has 7 heteroatoms. The van der Waals surface area contributed by atoms with E-state index in [-0.39, 0.29) is 23.5 Å². The van der Waals surface area contributed by atoms with Crippen molar-refractivity contribution in [2.45, 2.75) is 39.2 Å². The lowest BCUT2D eigenvalue weighted by Crippen LogP contribution is -2.60. The van der Waals surface area contributed by atoms with Gasteiger partial charge in [-0.15, -0.1) is 0 Å². The highest BCUT2D eigenvalue weighted by Gasteiger charge is 2.42. The fourth-order valence-electron chi connectivity index (χ4n) is 2.94. The van der Waals surface area contributed by atoms with Crippen molar-refractivity contribution in [1.82, 2.24) is 9.21 Å². The lowest BCUT2D eigenvalue weighted by molar-refractivity contribution is -0.150. The molecule has 0 spiro atoms. The van der Waals surface area contributed by atoms with Crippen LogP contribution >= 0.6 is 0 Å². The Hall–Kier alpha value is -0.660. The van der Waals surface area contributed by atoms with Crippen LogP contribution in [0.2, 0.25) is 0 Å². The molecule has 1 amide bonds. The topological polar surface area (TPSA) is 77.9 Å². The van der Waals surface area contributed by atoms with Crippen molar-refractivity contribution in [1.29, 1.82) is 0 Å². The maximum atomic E-state index is 12.4. The van der Waals surface area contributed by atoms with Crippen LogP contribution in [-0.2, 0) is 14.8 Å². The zero-order valence-electron chi connectivity index (χ0n) is 13.1. The van der Waals surface area contributed by atoms with Crippen molar-refractivity contribution in [3.05, 3.63) is 0 Å². The molecule has 1 N–H and O–H groups in total. The van der Waals surface area contributed by atoms with Gasteiger partial charge in [0.05, 0.1) is 17.3 Å². The molecule has 0 radical (unpaired) electrons. The van der Waals surface area contributed by atoms with Crippen LogP contribution in [0.4, 0.5) is 0 Å². The van der Waals surface area contributed by atoms with Crippen LogP contribution in [-0.4, -0.2) is 66.2 Å². The number of amides is 1. The van der Waals surface area contributed by atoms with E-state index in [2.05, 4.69) is 0 Å². The predicted octanol–water partition coefficient (Wildman–Crippen LogP) is 0.277. The Labute approximate surface area is 127 Å². The normalized spacial score (nSPS) is 25.7. The van der Waals surface area contributed by atoms with Gasteiger partial charge in [0.25, 0.3) is 0 Å².